The molecule has 2 rings (SSSR count). The summed E-state index contributed by atoms with van der Waals surface area (Å²) >= 11 is 0. The molecule has 9 nitrogen and oxygen atoms in total. The van der Waals surface area contributed by atoms with Crippen molar-refractivity contribution in [3.8, 4) is 0 Å². The first kappa shape index (κ1) is 22.1. The van der Waals surface area contributed by atoms with E-state index in [4.69, 9.17) is 19.3 Å². The van der Waals surface area contributed by atoms with Crippen LogP contribution in [0.1, 0.15) is 12.1 Å². The highest BCUT2D eigenvalue weighted by atomic mass is 16.7. The van der Waals surface area contributed by atoms with E-state index in [-0.39, 0.29) is 6.61 Å². The van der Waals surface area contributed by atoms with Gasteiger partial charge in [-0.1, -0.05) is 6.07 Å². The monoisotopic (exact) mass is 386 g/mol. The van der Waals surface area contributed by atoms with Crippen LogP contribution in [-0.2, 0) is 20.6 Å². The third-order valence-corrected chi connectivity index (χ3v) is 4.35. The number of hydrogen-bond donors (Lipinski definition) is 4. The molecular formula is C18H30N2O7. The number of pyridine rings is 1. The van der Waals surface area contributed by atoms with Gasteiger partial charge < -0.3 is 34.6 Å². The molecule has 1 saturated heterocycles. The molecule has 0 aliphatic carbocycles. The predicted octanol–water partition coefficient (Wildman–Crippen LogP) is -1.26. The summed E-state index contributed by atoms with van der Waals surface area (Å²) in [6, 6.07) is 5.85. The van der Waals surface area contributed by atoms with E-state index in [0.29, 0.717) is 19.8 Å². The van der Waals surface area contributed by atoms with Crippen molar-refractivity contribution in [1.29, 1.82) is 0 Å². The summed E-state index contributed by atoms with van der Waals surface area (Å²) in [6.07, 6.45) is -3.04. The number of aromatic nitrogens is 1. The van der Waals surface area contributed by atoms with E-state index in [1.807, 2.05) is 30.1 Å². The number of hydrogen-bond acceptors (Lipinski definition) is 9. The Morgan fingerprint density at radius 1 is 1.15 bits per heavy atom. The minimum Gasteiger partial charge on any atom is -0.394 e. The van der Waals surface area contributed by atoms with Crippen molar-refractivity contribution in [3.05, 3.63) is 30.1 Å². The van der Waals surface area contributed by atoms with Crippen LogP contribution in [0, 0.1) is 0 Å². The van der Waals surface area contributed by atoms with Gasteiger partial charge in [0.15, 0.2) is 6.29 Å². The number of nitrogens with zero attached hydrogens (tertiary/aromatic N) is 2. The van der Waals surface area contributed by atoms with Gasteiger partial charge in [0.2, 0.25) is 0 Å². The first-order valence-corrected chi connectivity index (χ1v) is 9.11. The molecule has 4 N–H and O–H groups in total. The van der Waals surface area contributed by atoms with E-state index >= 15 is 0 Å². The highest BCUT2D eigenvalue weighted by molar-refractivity contribution is 5.03. The van der Waals surface area contributed by atoms with Crippen LogP contribution in [0.4, 0.5) is 0 Å². The molecule has 1 aliphatic rings. The predicted molar refractivity (Wildman–Crippen MR) is 95.7 cm³/mol. The number of rotatable bonds is 11. The zero-order chi connectivity index (χ0) is 19.6. The largest absolute Gasteiger partial charge is 0.394 e. The summed E-state index contributed by atoms with van der Waals surface area (Å²) in [5.74, 6) is 0. The second kappa shape index (κ2) is 11.6. The van der Waals surface area contributed by atoms with E-state index in [1.54, 1.807) is 6.20 Å². The standard InChI is InChI=1S/C18H30N2O7/c1-20(8-6-13-5-2-3-7-19-13)12-25-9-4-10-26-18-17(24)16(23)15(22)14(11-21)27-18/h2-3,5,7,14-18,21-24H,4,6,8-12H2,1H3/t14-,15-,16+,17-,18-/m1/s1. The minimum atomic E-state index is -1.43. The lowest BCUT2D eigenvalue weighted by Crippen LogP contribution is -2.59. The van der Waals surface area contributed by atoms with Crippen molar-refractivity contribution in [2.75, 3.05) is 40.1 Å². The first-order chi connectivity index (χ1) is 13.0. The molecule has 0 spiro atoms. The molecule has 0 amide bonds. The quantitative estimate of drug-likeness (QED) is 0.272. The van der Waals surface area contributed by atoms with Crippen molar-refractivity contribution in [2.45, 2.75) is 43.5 Å². The highest BCUT2D eigenvalue weighted by Crippen LogP contribution is 2.21. The van der Waals surface area contributed by atoms with Gasteiger partial charge in [0.05, 0.1) is 26.6 Å². The second-order valence-electron chi connectivity index (χ2n) is 6.61. The Hall–Kier alpha value is -1.17. The van der Waals surface area contributed by atoms with Crippen molar-refractivity contribution in [1.82, 2.24) is 9.88 Å². The fourth-order valence-electron chi connectivity index (χ4n) is 2.70. The highest BCUT2D eigenvalue weighted by Gasteiger charge is 2.43. The summed E-state index contributed by atoms with van der Waals surface area (Å²) < 4.78 is 16.2. The van der Waals surface area contributed by atoms with Crippen LogP contribution in [0.25, 0.3) is 0 Å². The molecule has 2 heterocycles. The van der Waals surface area contributed by atoms with Gasteiger partial charge in [0.25, 0.3) is 0 Å². The molecule has 1 aromatic heterocycles. The molecule has 5 atom stereocenters. The lowest BCUT2D eigenvalue weighted by atomic mass is 9.99. The maximum Gasteiger partial charge on any atom is 0.186 e. The Morgan fingerprint density at radius 3 is 2.67 bits per heavy atom. The fourth-order valence-corrected chi connectivity index (χ4v) is 2.70. The first-order valence-electron chi connectivity index (χ1n) is 9.11. The maximum atomic E-state index is 9.87. The van der Waals surface area contributed by atoms with Crippen molar-refractivity contribution < 1.29 is 34.6 Å². The van der Waals surface area contributed by atoms with E-state index in [9.17, 15) is 15.3 Å². The van der Waals surface area contributed by atoms with E-state index in [1.165, 1.54) is 0 Å². The van der Waals surface area contributed by atoms with E-state index in [2.05, 4.69) is 4.98 Å². The Labute approximate surface area is 159 Å². The lowest BCUT2D eigenvalue weighted by molar-refractivity contribution is -0.301. The molecule has 1 fully saturated rings. The number of aliphatic hydroxyl groups excluding tert-OH is 4. The SMILES string of the molecule is CN(CCc1ccccn1)COCCCO[C@@H]1O[C@H](CO)[C@@H](O)[C@H](O)[C@H]1O. The zero-order valence-electron chi connectivity index (χ0n) is 15.6. The van der Waals surface area contributed by atoms with Gasteiger partial charge in [-0.15, -0.1) is 0 Å². The molecule has 9 heteroatoms. The molecule has 0 aromatic carbocycles. The molecule has 27 heavy (non-hydrogen) atoms. The molecule has 0 radical (unpaired) electrons. The van der Waals surface area contributed by atoms with E-state index < -0.39 is 37.3 Å². The third kappa shape index (κ3) is 7.05. The second-order valence-corrected chi connectivity index (χ2v) is 6.61. The van der Waals surface area contributed by atoms with Crippen LogP contribution in [0.15, 0.2) is 24.4 Å². The molecule has 0 unspecified atom stereocenters. The van der Waals surface area contributed by atoms with Crippen LogP contribution in [0.5, 0.6) is 0 Å². The summed E-state index contributed by atoms with van der Waals surface area (Å²) in [4.78, 5) is 6.33. The Morgan fingerprint density at radius 2 is 1.96 bits per heavy atom. The Bertz CT molecular complexity index is 520. The van der Waals surface area contributed by atoms with Crippen LogP contribution in [0.2, 0.25) is 0 Å². The summed E-state index contributed by atoms with van der Waals surface area (Å²) in [7, 11) is 1.97. The van der Waals surface area contributed by atoms with Crippen LogP contribution >= 0.6 is 0 Å². The van der Waals surface area contributed by atoms with Crippen molar-refractivity contribution >= 4 is 0 Å². The van der Waals surface area contributed by atoms with Gasteiger partial charge in [-0.25, -0.2) is 0 Å². The summed E-state index contributed by atoms with van der Waals surface area (Å²) in [6.45, 7) is 1.55. The summed E-state index contributed by atoms with van der Waals surface area (Å²) in [5.41, 5.74) is 1.04. The molecule has 0 saturated carbocycles. The molecule has 154 valence electrons. The van der Waals surface area contributed by atoms with Gasteiger partial charge in [0, 0.05) is 24.9 Å². The van der Waals surface area contributed by atoms with Gasteiger partial charge in [-0.2, -0.15) is 0 Å². The zero-order valence-corrected chi connectivity index (χ0v) is 15.6. The molecule has 1 aliphatic heterocycles. The fraction of sp³-hybridized carbons (Fsp3) is 0.722. The van der Waals surface area contributed by atoms with Gasteiger partial charge >= 0.3 is 0 Å². The van der Waals surface area contributed by atoms with Gasteiger partial charge in [0.1, 0.15) is 24.4 Å². The molecule has 1 aromatic rings. The smallest absolute Gasteiger partial charge is 0.186 e. The molecular weight excluding hydrogens is 356 g/mol. The maximum absolute atomic E-state index is 9.87. The Kier molecular flexibility index (Phi) is 9.52. The van der Waals surface area contributed by atoms with E-state index in [0.717, 1.165) is 18.7 Å². The lowest BCUT2D eigenvalue weighted by Gasteiger charge is -2.39. The third-order valence-electron chi connectivity index (χ3n) is 4.35. The number of aliphatic hydroxyl groups is 4. The Balaban J connectivity index is 1.55. The molecule has 0 bridgehead atoms. The average Bonchev–Trinajstić information content (AvgIpc) is 2.69. The number of ether oxygens (including phenoxy) is 3. The van der Waals surface area contributed by atoms with Gasteiger partial charge in [-0.3, -0.25) is 9.88 Å². The van der Waals surface area contributed by atoms with Crippen molar-refractivity contribution in [2.24, 2.45) is 0 Å². The van der Waals surface area contributed by atoms with Crippen LogP contribution in [0.3, 0.4) is 0 Å². The summed E-state index contributed by atoms with van der Waals surface area (Å²) in [5, 5.41) is 38.4. The van der Waals surface area contributed by atoms with Crippen molar-refractivity contribution in [3.63, 3.8) is 0 Å². The van der Waals surface area contributed by atoms with Crippen LogP contribution < -0.4 is 0 Å². The topological polar surface area (TPSA) is 125 Å². The van der Waals surface area contributed by atoms with Gasteiger partial charge in [-0.05, 0) is 25.6 Å². The normalized spacial score (nSPS) is 28.6. The minimum absolute atomic E-state index is 0.250. The average molecular weight is 386 g/mol. The number of likely N-dealkylation sites (N-methyl/N-ethyl adjacent to an activating group) is 1. The van der Waals surface area contributed by atoms with Crippen LogP contribution in [-0.4, -0.2) is 101 Å².